The number of H-pyrrole nitrogens is 1. The molecule has 3 heterocycles. The van der Waals surface area contributed by atoms with E-state index >= 15 is 0 Å². The average Bonchev–Trinajstić information content (AvgIpc) is 3.25. The summed E-state index contributed by atoms with van der Waals surface area (Å²) in [6, 6.07) is 19.4. The molecule has 1 N–H and O–H groups in total. The van der Waals surface area contributed by atoms with E-state index in [-0.39, 0.29) is 0 Å². The zero-order valence-electron chi connectivity index (χ0n) is 16.8. The molecule has 1 aliphatic heterocycles. The topological polar surface area (TPSA) is 44.8 Å². The molecule has 4 nitrogen and oxygen atoms in total. The minimum Gasteiger partial charge on any atom is -0.298 e. The number of aromatic nitrogens is 3. The van der Waals surface area contributed by atoms with Crippen molar-refractivity contribution in [1.29, 1.82) is 0 Å². The molecule has 0 radical (unpaired) electrons. The van der Waals surface area contributed by atoms with Crippen LogP contribution in [0.4, 0.5) is 0 Å². The lowest BCUT2D eigenvalue weighted by Gasteiger charge is -2.33. The Morgan fingerprint density at radius 1 is 1.07 bits per heavy atom. The summed E-state index contributed by atoms with van der Waals surface area (Å²) in [5.41, 5.74) is 7.49. The largest absolute Gasteiger partial charge is 0.298 e. The monoisotopic (exact) mass is 382 g/mol. The first-order valence-electron chi connectivity index (χ1n) is 10.4. The van der Waals surface area contributed by atoms with Crippen LogP contribution in [0.5, 0.6) is 0 Å². The first-order valence-corrected chi connectivity index (χ1v) is 10.4. The fourth-order valence-electron chi connectivity index (χ4n) is 4.55. The molecule has 0 saturated carbocycles. The molecule has 5 rings (SSSR count). The fraction of sp³-hybridized carbons (Fsp3) is 0.280. The van der Waals surface area contributed by atoms with Crippen LogP contribution in [0, 0.1) is 6.92 Å². The number of aryl methyl sites for hydroxylation is 1. The highest BCUT2D eigenvalue weighted by Crippen LogP contribution is 2.34. The second-order valence-electron chi connectivity index (χ2n) is 8.12. The lowest BCUT2D eigenvalue weighted by Crippen LogP contribution is -2.34. The molecule has 2 aromatic heterocycles. The van der Waals surface area contributed by atoms with E-state index in [0.29, 0.717) is 5.92 Å². The maximum atomic E-state index is 4.51. The number of piperidine rings is 1. The van der Waals surface area contributed by atoms with E-state index < -0.39 is 0 Å². The molecule has 0 amide bonds. The first kappa shape index (κ1) is 18.1. The predicted octanol–water partition coefficient (Wildman–Crippen LogP) is 5.31. The number of nitrogens with zero attached hydrogens (tertiary/aromatic N) is 3. The second kappa shape index (κ2) is 7.80. The van der Waals surface area contributed by atoms with Crippen LogP contribution in [0.2, 0.25) is 0 Å². The Morgan fingerprint density at radius 3 is 2.86 bits per heavy atom. The van der Waals surface area contributed by atoms with Crippen molar-refractivity contribution in [1.82, 2.24) is 20.1 Å². The van der Waals surface area contributed by atoms with Gasteiger partial charge in [0.25, 0.3) is 0 Å². The van der Waals surface area contributed by atoms with Crippen molar-refractivity contribution < 1.29 is 0 Å². The van der Waals surface area contributed by atoms with Crippen molar-refractivity contribution in [3.8, 4) is 11.1 Å². The Bertz CT molecular complexity index is 1110. The molecule has 0 bridgehead atoms. The van der Waals surface area contributed by atoms with Crippen LogP contribution >= 0.6 is 0 Å². The van der Waals surface area contributed by atoms with E-state index in [1.54, 1.807) is 0 Å². The van der Waals surface area contributed by atoms with Crippen LogP contribution in [0.15, 0.2) is 67.0 Å². The quantitative estimate of drug-likeness (QED) is 0.520. The average molecular weight is 383 g/mol. The van der Waals surface area contributed by atoms with Crippen LogP contribution in [-0.2, 0) is 6.54 Å². The highest BCUT2D eigenvalue weighted by atomic mass is 15.2. The summed E-state index contributed by atoms with van der Waals surface area (Å²) in [4.78, 5) is 7.09. The SMILES string of the molecule is Cc1ccc(-c2cn[nH]c2C2CCCN(Cc3cccc4ncccc34)C2)cc1. The molecule has 1 saturated heterocycles. The Labute approximate surface area is 171 Å². The maximum absolute atomic E-state index is 4.51. The molecule has 29 heavy (non-hydrogen) atoms. The van der Waals surface area contributed by atoms with Crippen molar-refractivity contribution in [3.05, 3.63) is 83.8 Å². The molecular formula is C25H26N4. The molecule has 1 fully saturated rings. The van der Waals surface area contributed by atoms with Gasteiger partial charge in [0.1, 0.15) is 0 Å². The minimum atomic E-state index is 0.482. The lowest BCUT2D eigenvalue weighted by molar-refractivity contribution is 0.199. The van der Waals surface area contributed by atoms with Crippen molar-refractivity contribution in [3.63, 3.8) is 0 Å². The number of fused-ring (bicyclic) bond motifs is 1. The van der Waals surface area contributed by atoms with Gasteiger partial charge in [-0.2, -0.15) is 5.10 Å². The van der Waals surface area contributed by atoms with Gasteiger partial charge in [0, 0.05) is 41.8 Å². The molecule has 0 aliphatic carbocycles. The van der Waals surface area contributed by atoms with E-state index in [2.05, 4.69) is 75.5 Å². The number of hydrogen-bond acceptors (Lipinski definition) is 3. The molecule has 2 aromatic carbocycles. The first-order chi connectivity index (χ1) is 14.3. The number of benzene rings is 2. The zero-order chi connectivity index (χ0) is 19.6. The highest BCUT2D eigenvalue weighted by Gasteiger charge is 2.25. The zero-order valence-corrected chi connectivity index (χ0v) is 16.8. The maximum Gasteiger partial charge on any atom is 0.0705 e. The number of rotatable bonds is 4. The molecule has 146 valence electrons. The molecular weight excluding hydrogens is 356 g/mol. The number of hydrogen-bond donors (Lipinski definition) is 1. The van der Waals surface area contributed by atoms with Gasteiger partial charge in [-0.3, -0.25) is 15.0 Å². The van der Waals surface area contributed by atoms with Crippen LogP contribution < -0.4 is 0 Å². The Hall–Kier alpha value is -2.98. The third-order valence-electron chi connectivity index (χ3n) is 6.08. The summed E-state index contributed by atoms with van der Waals surface area (Å²) in [5, 5.41) is 8.97. The lowest BCUT2D eigenvalue weighted by atomic mass is 9.90. The molecule has 1 aliphatic rings. The van der Waals surface area contributed by atoms with Gasteiger partial charge < -0.3 is 0 Å². The molecule has 1 unspecified atom stereocenters. The Morgan fingerprint density at radius 2 is 1.97 bits per heavy atom. The molecule has 4 aromatic rings. The normalized spacial score (nSPS) is 17.6. The van der Waals surface area contributed by atoms with Gasteiger partial charge >= 0.3 is 0 Å². The van der Waals surface area contributed by atoms with Crippen LogP contribution in [0.25, 0.3) is 22.0 Å². The fourth-order valence-corrected chi connectivity index (χ4v) is 4.55. The highest BCUT2D eigenvalue weighted by molar-refractivity contribution is 5.81. The summed E-state index contributed by atoms with van der Waals surface area (Å²) < 4.78 is 0. The number of pyridine rings is 1. The summed E-state index contributed by atoms with van der Waals surface area (Å²) in [6.07, 6.45) is 6.26. The standard InChI is InChI=1S/C25H26N4/c1-18-9-11-19(12-10-18)23-15-27-28-25(23)21-6-4-14-29(17-21)16-20-5-2-8-24-22(20)7-3-13-26-24/h2-3,5,7-13,15,21H,4,6,14,16-17H2,1H3,(H,27,28). The molecule has 4 heteroatoms. The van der Waals surface area contributed by atoms with Gasteiger partial charge in [-0.05, 0) is 49.6 Å². The van der Waals surface area contributed by atoms with Crippen molar-refractivity contribution >= 4 is 10.9 Å². The Balaban J connectivity index is 1.38. The third-order valence-corrected chi connectivity index (χ3v) is 6.08. The number of likely N-dealkylation sites (tertiary alicyclic amines) is 1. The molecule has 0 spiro atoms. The van der Waals surface area contributed by atoms with Crippen molar-refractivity contribution in [2.75, 3.05) is 13.1 Å². The molecule has 1 atom stereocenters. The number of nitrogens with one attached hydrogen (secondary N) is 1. The van der Waals surface area contributed by atoms with Gasteiger partial charge in [-0.1, -0.05) is 48.0 Å². The van der Waals surface area contributed by atoms with Gasteiger partial charge in [0.2, 0.25) is 0 Å². The summed E-state index contributed by atoms with van der Waals surface area (Å²) in [7, 11) is 0. The van der Waals surface area contributed by atoms with Crippen LogP contribution in [0.3, 0.4) is 0 Å². The van der Waals surface area contributed by atoms with Gasteiger partial charge in [-0.15, -0.1) is 0 Å². The van der Waals surface area contributed by atoms with Gasteiger partial charge in [0.05, 0.1) is 11.7 Å². The van der Waals surface area contributed by atoms with Gasteiger partial charge in [0.15, 0.2) is 0 Å². The number of aromatic amines is 1. The van der Waals surface area contributed by atoms with Crippen molar-refractivity contribution in [2.24, 2.45) is 0 Å². The van der Waals surface area contributed by atoms with E-state index in [4.69, 9.17) is 0 Å². The van der Waals surface area contributed by atoms with E-state index in [9.17, 15) is 0 Å². The van der Waals surface area contributed by atoms with Crippen LogP contribution in [-0.4, -0.2) is 33.2 Å². The second-order valence-corrected chi connectivity index (χ2v) is 8.12. The van der Waals surface area contributed by atoms with E-state index in [1.807, 2.05) is 18.5 Å². The Kier molecular flexibility index (Phi) is 4.86. The van der Waals surface area contributed by atoms with E-state index in [1.165, 1.54) is 46.2 Å². The van der Waals surface area contributed by atoms with Crippen LogP contribution in [0.1, 0.15) is 35.6 Å². The summed E-state index contributed by atoms with van der Waals surface area (Å²) in [6.45, 7) is 5.29. The van der Waals surface area contributed by atoms with Crippen molar-refractivity contribution in [2.45, 2.75) is 32.2 Å². The third kappa shape index (κ3) is 3.68. The summed E-state index contributed by atoms with van der Waals surface area (Å²) >= 11 is 0. The summed E-state index contributed by atoms with van der Waals surface area (Å²) in [5.74, 6) is 0.482. The smallest absolute Gasteiger partial charge is 0.0705 e. The van der Waals surface area contributed by atoms with Gasteiger partial charge in [-0.25, -0.2) is 0 Å². The van der Waals surface area contributed by atoms with E-state index in [0.717, 1.165) is 25.2 Å². The minimum absolute atomic E-state index is 0.482. The predicted molar refractivity (Wildman–Crippen MR) is 118 cm³/mol.